The molecule has 0 aromatic heterocycles. The van der Waals surface area contributed by atoms with E-state index in [9.17, 15) is 0 Å². The van der Waals surface area contributed by atoms with Crippen LogP contribution in [0.2, 0.25) is 0 Å². The first-order valence-electron chi connectivity index (χ1n) is 4.86. The van der Waals surface area contributed by atoms with Gasteiger partial charge in [0.1, 0.15) is 5.75 Å². The molecular weight excluding hydrogens is 176 g/mol. The molecule has 14 heavy (non-hydrogen) atoms. The van der Waals surface area contributed by atoms with Crippen molar-refractivity contribution in [2.75, 3.05) is 13.7 Å². The molecular formula is C12H18O2. The average molecular weight is 194 g/mol. The van der Waals surface area contributed by atoms with Crippen molar-refractivity contribution >= 4 is 0 Å². The number of ether oxygens (including phenoxy) is 1. The van der Waals surface area contributed by atoms with E-state index in [1.54, 1.807) is 7.11 Å². The Morgan fingerprint density at radius 1 is 1.29 bits per heavy atom. The minimum absolute atomic E-state index is 0.129. The summed E-state index contributed by atoms with van der Waals surface area (Å²) in [6, 6.07) is 4.11. The maximum Gasteiger partial charge on any atom is 0.125 e. The Labute approximate surface area is 85.5 Å². The van der Waals surface area contributed by atoms with Crippen molar-refractivity contribution in [2.45, 2.75) is 26.7 Å². The summed E-state index contributed by atoms with van der Waals surface area (Å²) in [5.41, 5.74) is 3.41. The lowest BCUT2D eigenvalue weighted by atomic mass is 9.94. The summed E-state index contributed by atoms with van der Waals surface area (Å²) >= 11 is 0. The van der Waals surface area contributed by atoms with Crippen molar-refractivity contribution in [2.24, 2.45) is 0 Å². The second-order valence-electron chi connectivity index (χ2n) is 3.73. The van der Waals surface area contributed by atoms with E-state index in [1.165, 1.54) is 5.56 Å². The highest BCUT2D eigenvalue weighted by molar-refractivity contribution is 5.47. The van der Waals surface area contributed by atoms with E-state index in [2.05, 4.69) is 6.07 Å². The lowest BCUT2D eigenvalue weighted by molar-refractivity contribution is 0.269. The summed E-state index contributed by atoms with van der Waals surface area (Å²) in [6.45, 7) is 6.22. The molecule has 0 spiro atoms. The van der Waals surface area contributed by atoms with Crippen molar-refractivity contribution in [1.82, 2.24) is 0 Å². The van der Waals surface area contributed by atoms with Crippen molar-refractivity contribution in [3.05, 3.63) is 28.8 Å². The Morgan fingerprint density at radius 2 is 1.86 bits per heavy atom. The summed E-state index contributed by atoms with van der Waals surface area (Å²) in [6.07, 6.45) is 0. The van der Waals surface area contributed by atoms with E-state index in [0.29, 0.717) is 0 Å². The Morgan fingerprint density at radius 3 is 2.36 bits per heavy atom. The smallest absolute Gasteiger partial charge is 0.125 e. The van der Waals surface area contributed by atoms with Gasteiger partial charge in [-0.15, -0.1) is 0 Å². The van der Waals surface area contributed by atoms with Crippen LogP contribution >= 0.6 is 0 Å². The van der Waals surface area contributed by atoms with E-state index in [4.69, 9.17) is 9.84 Å². The van der Waals surface area contributed by atoms with Crippen LogP contribution in [0, 0.1) is 13.8 Å². The second kappa shape index (κ2) is 4.47. The zero-order valence-corrected chi connectivity index (χ0v) is 9.29. The highest BCUT2D eigenvalue weighted by Gasteiger charge is 2.14. The third kappa shape index (κ3) is 1.90. The molecule has 0 aliphatic carbocycles. The zero-order chi connectivity index (χ0) is 10.7. The topological polar surface area (TPSA) is 29.5 Å². The molecule has 0 saturated carbocycles. The molecule has 0 amide bonds. The molecule has 78 valence electrons. The van der Waals surface area contributed by atoms with Crippen LogP contribution in [0.25, 0.3) is 0 Å². The minimum atomic E-state index is 0.129. The number of aliphatic hydroxyl groups is 1. The fourth-order valence-electron chi connectivity index (χ4n) is 1.78. The summed E-state index contributed by atoms with van der Waals surface area (Å²) in [4.78, 5) is 0. The number of benzene rings is 1. The monoisotopic (exact) mass is 194 g/mol. The lowest BCUT2D eigenvalue weighted by Crippen LogP contribution is -2.05. The Hall–Kier alpha value is -1.02. The second-order valence-corrected chi connectivity index (χ2v) is 3.73. The molecule has 1 aromatic carbocycles. The summed E-state index contributed by atoms with van der Waals surface area (Å²) in [7, 11) is 1.68. The number of rotatable bonds is 3. The van der Waals surface area contributed by atoms with E-state index in [0.717, 1.165) is 16.9 Å². The SMILES string of the molecule is COc1c(C)ccc(C)c1C(C)CO. The predicted molar refractivity (Wildman–Crippen MR) is 58.0 cm³/mol. The molecule has 1 N–H and O–H groups in total. The van der Waals surface area contributed by atoms with Crippen molar-refractivity contribution in [1.29, 1.82) is 0 Å². The molecule has 0 heterocycles. The molecule has 0 saturated heterocycles. The van der Waals surface area contributed by atoms with E-state index >= 15 is 0 Å². The molecule has 0 bridgehead atoms. The number of aryl methyl sites for hydroxylation is 2. The first-order chi connectivity index (χ1) is 6.61. The largest absolute Gasteiger partial charge is 0.496 e. The summed E-state index contributed by atoms with van der Waals surface area (Å²) in [5.74, 6) is 1.04. The molecule has 1 aromatic rings. The van der Waals surface area contributed by atoms with Gasteiger partial charge >= 0.3 is 0 Å². The van der Waals surface area contributed by atoms with Crippen LogP contribution in [-0.2, 0) is 0 Å². The fraction of sp³-hybridized carbons (Fsp3) is 0.500. The van der Waals surface area contributed by atoms with E-state index < -0.39 is 0 Å². The zero-order valence-electron chi connectivity index (χ0n) is 9.29. The third-order valence-electron chi connectivity index (χ3n) is 2.58. The predicted octanol–water partition coefficient (Wildman–Crippen LogP) is 2.41. The molecule has 1 unspecified atom stereocenters. The van der Waals surface area contributed by atoms with Gasteiger partial charge in [0.2, 0.25) is 0 Å². The highest BCUT2D eigenvalue weighted by Crippen LogP contribution is 2.32. The van der Waals surface area contributed by atoms with Gasteiger partial charge in [-0.05, 0) is 25.0 Å². The molecule has 0 fully saturated rings. The van der Waals surface area contributed by atoms with Crippen LogP contribution < -0.4 is 4.74 Å². The van der Waals surface area contributed by atoms with Gasteiger partial charge in [-0.2, -0.15) is 0 Å². The molecule has 1 atom stereocenters. The van der Waals surface area contributed by atoms with E-state index in [-0.39, 0.29) is 12.5 Å². The fourth-order valence-corrected chi connectivity index (χ4v) is 1.78. The van der Waals surface area contributed by atoms with Gasteiger partial charge in [0.25, 0.3) is 0 Å². The molecule has 2 heteroatoms. The number of hydrogen-bond donors (Lipinski definition) is 1. The molecule has 0 aliphatic heterocycles. The standard InChI is InChI=1S/C12H18O2/c1-8-5-6-9(2)12(14-4)11(8)10(3)7-13/h5-6,10,13H,7H2,1-4H3. The molecule has 0 aliphatic rings. The summed E-state index contributed by atoms with van der Waals surface area (Å²) < 4.78 is 5.37. The molecule has 2 nitrogen and oxygen atoms in total. The van der Waals surface area contributed by atoms with Crippen LogP contribution in [0.3, 0.4) is 0 Å². The van der Waals surface area contributed by atoms with Gasteiger partial charge in [0, 0.05) is 18.1 Å². The quantitative estimate of drug-likeness (QED) is 0.800. The number of aliphatic hydroxyl groups excluding tert-OH is 1. The van der Waals surface area contributed by atoms with Gasteiger partial charge in [-0.1, -0.05) is 19.1 Å². The Kier molecular flexibility index (Phi) is 3.53. The lowest BCUT2D eigenvalue weighted by Gasteiger charge is -2.18. The van der Waals surface area contributed by atoms with Gasteiger partial charge < -0.3 is 9.84 Å². The first-order valence-corrected chi connectivity index (χ1v) is 4.86. The Balaban J connectivity index is 3.29. The average Bonchev–Trinajstić information content (AvgIpc) is 2.19. The maximum absolute atomic E-state index is 9.17. The van der Waals surface area contributed by atoms with Crippen molar-refractivity contribution < 1.29 is 9.84 Å². The van der Waals surface area contributed by atoms with Gasteiger partial charge in [-0.25, -0.2) is 0 Å². The van der Waals surface area contributed by atoms with E-state index in [1.807, 2.05) is 26.8 Å². The normalized spacial score (nSPS) is 12.6. The van der Waals surface area contributed by atoms with Crippen molar-refractivity contribution in [3.63, 3.8) is 0 Å². The van der Waals surface area contributed by atoms with Crippen LogP contribution in [0.15, 0.2) is 12.1 Å². The van der Waals surface area contributed by atoms with Crippen LogP contribution in [-0.4, -0.2) is 18.8 Å². The number of methoxy groups -OCH3 is 1. The summed E-state index contributed by atoms with van der Waals surface area (Å²) in [5, 5.41) is 9.17. The van der Waals surface area contributed by atoms with Crippen molar-refractivity contribution in [3.8, 4) is 5.75 Å². The minimum Gasteiger partial charge on any atom is -0.496 e. The van der Waals surface area contributed by atoms with Crippen LogP contribution in [0.1, 0.15) is 29.5 Å². The maximum atomic E-state index is 9.17. The van der Waals surface area contributed by atoms with Crippen LogP contribution in [0.4, 0.5) is 0 Å². The van der Waals surface area contributed by atoms with Gasteiger partial charge in [-0.3, -0.25) is 0 Å². The third-order valence-corrected chi connectivity index (χ3v) is 2.58. The van der Waals surface area contributed by atoms with Gasteiger partial charge in [0.15, 0.2) is 0 Å². The Bertz CT molecular complexity index is 318. The first kappa shape index (κ1) is 11.1. The van der Waals surface area contributed by atoms with Crippen LogP contribution in [0.5, 0.6) is 5.75 Å². The molecule has 1 rings (SSSR count). The molecule has 0 radical (unpaired) electrons. The number of hydrogen-bond acceptors (Lipinski definition) is 2. The van der Waals surface area contributed by atoms with Gasteiger partial charge in [0.05, 0.1) is 7.11 Å². The highest BCUT2D eigenvalue weighted by atomic mass is 16.5.